The quantitative estimate of drug-likeness (QED) is 0.399. The van der Waals surface area contributed by atoms with Crippen LogP contribution in [0, 0.1) is 6.92 Å². The van der Waals surface area contributed by atoms with Crippen molar-refractivity contribution in [3.63, 3.8) is 0 Å². The highest BCUT2D eigenvalue weighted by atomic mass is 19.4. The molecule has 2 amide bonds. The number of rotatable bonds is 4. The Bertz CT molecular complexity index is 1330. The van der Waals surface area contributed by atoms with Gasteiger partial charge in [0, 0.05) is 34.7 Å². The van der Waals surface area contributed by atoms with Crippen molar-refractivity contribution in [3.05, 3.63) is 89.2 Å². The molecule has 32 heavy (non-hydrogen) atoms. The molecule has 2 aromatic heterocycles. The standard InChI is InChI=1S/C23H17F3N4O2/c1-13-5-6-18(29-21(31)15-3-2-4-17(10-15)23(24,25)26)11-19(13)30-22(32)16-9-14-7-8-27-20(14)28-12-16/h2-12H,1H3,(H,27,28)(H,29,31)(H,30,32). The Labute approximate surface area is 180 Å². The van der Waals surface area contributed by atoms with E-state index < -0.39 is 17.6 Å². The summed E-state index contributed by atoms with van der Waals surface area (Å²) in [6.45, 7) is 1.78. The van der Waals surface area contributed by atoms with Gasteiger partial charge in [-0.3, -0.25) is 9.59 Å². The lowest BCUT2D eigenvalue weighted by atomic mass is 10.1. The molecule has 0 atom stereocenters. The molecule has 0 aliphatic rings. The van der Waals surface area contributed by atoms with Crippen molar-refractivity contribution in [3.8, 4) is 0 Å². The van der Waals surface area contributed by atoms with Gasteiger partial charge in [-0.25, -0.2) is 4.98 Å². The molecule has 2 heterocycles. The van der Waals surface area contributed by atoms with Gasteiger partial charge in [-0.05, 0) is 55.0 Å². The molecule has 0 aliphatic carbocycles. The Hall–Kier alpha value is -4.14. The van der Waals surface area contributed by atoms with Crippen LogP contribution in [0.15, 0.2) is 67.0 Å². The van der Waals surface area contributed by atoms with Crippen LogP contribution in [0.25, 0.3) is 11.0 Å². The van der Waals surface area contributed by atoms with E-state index in [1.165, 1.54) is 18.3 Å². The molecule has 3 N–H and O–H groups in total. The van der Waals surface area contributed by atoms with Gasteiger partial charge in [-0.15, -0.1) is 0 Å². The summed E-state index contributed by atoms with van der Waals surface area (Å²) in [5.41, 5.74) is 1.50. The van der Waals surface area contributed by atoms with E-state index in [4.69, 9.17) is 0 Å². The Morgan fingerprint density at radius 3 is 2.50 bits per heavy atom. The Morgan fingerprint density at radius 2 is 1.72 bits per heavy atom. The number of nitrogens with zero attached hydrogens (tertiary/aromatic N) is 1. The molecule has 0 radical (unpaired) electrons. The monoisotopic (exact) mass is 438 g/mol. The average Bonchev–Trinajstić information content (AvgIpc) is 3.23. The van der Waals surface area contributed by atoms with Gasteiger partial charge in [-0.1, -0.05) is 12.1 Å². The molecule has 0 unspecified atom stereocenters. The highest BCUT2D eigenvalue weighted by molar-refractivity contribution is 6.07. The molecule has 162 valence electrons. The van der Waals surface area contributed by atoms with Gasteiger partial charge in [0.2, 0.25) is 0 Å². The first-order valence-corrected chi connectivity index (χ1v) is 9.54. The molecule has 2 aromatic carbocycles. The van der Waals surface area contributed by atoms with E-state index >= 15 is 0 Å². The van der Waals surface area contributed by atoms with Crippen molar-refractivity contribution >= 4 is 34.2 Å². The third kappa shape index (κ3) is 4.46. The number of carbonyl (C=O) groups excluding carboxylic acids is 2. The first kappa shape index (κ1) is 21.1. The largest absolute Gasteiger partial charge is 0.416 e. The first-order chi connectivity index (χ1) is 15.2. The zero-order valence-corrected chi connectivity index (χ0v) is 16.7. The molecule has 6 nitrogen and oxygen atoms in total. The minimum absolute atomic E-state index is 0.128. The minimum Gasteiger partial charge on any atom is -0.346 e. The maximum Gasteiger partial charge on any atom is 0.416 e. The lowest BCUT2D eigenvalue weighted by molar-refractivity contribution is -0.137. The van der Waals surface area contributed by atoms with Crippen LogP contribution < -0.4 is 10.6 Å². The zero-order chi connectivity index (χ0) is 22.9. The third-order valence-electron chi connectivity index (χ3n) is 4.86. The number of hydrogen-bond donors (Lipinski definition) is 3. The van der Waals surface area contributed by atoms with Crippen molar-refractivity contribution < 1.29 is 22.8 Å². The van der Waals surface area contributed by atoms with Gasteiger partial charge in [0.15, 0.2) is 0 Å². The summed E-state index contributed by atoms with van der Waals surface area (Å²) in [5.74, 6) is -1.08. The fraction of sp³-hybridized carbons (Fsp3) is 0.0870. The number of aryl methyl sites for hydroxylation is 1. The third-order valence-corrected chi connectivity index (χ3v) is 4.86. The lowest BCUT2D eigenvalue weighted by Gasteiger charge is -2.12. The highest BCUT2D eigenvalue weighted by Crippen LogP contribution is 2.30. The van der Waals surface area contributed by atoms with Crippen molar-refractivity contribution in [2.45, 2.75) is 13.1 Å². The number of hydrogen-bond acceptors (Lipinski definition) is 3. The van der Waals surface area contributed by atoms with Gasteiger partial charge >= 0.3 is 6.18 Å². The number of benzene rings is 2. The molecule has 4 rings (SSSR count). The van der Waals surface area contributed by atoms with Gasteiger partial charge in [0.1, 0.15) is 5.65 Å². The second-order valence-corrected chi connectivity index (χ2v) is 7.16. The number of amides is 2. The summed E-state index contributed by atoms with van der Waals surface area (Å²) >= 11 is 0. The van der Waals surface area contributed by atoms with Crippen LogP contribution in [0.4, 0.5) is 24.5 Å². The number of nitrogens with one attached hydrogen (secondary N) is 3. The topological polar surface area (TPSA) is 86.9 Å². The van der Waals surface area contributed by atoms with E-state index in [-0.39, 0.29) is 11.5 Å². The van der Waals surface area contributed by atoms with Gasteiger partial charge in [-0.2, -0.15) is 13.2 Å². The van der Waals surface area contributed by atoms with Crippen LogP contribution in [0.5, 0.6) is 0 Å². The van der Waals surface area contributed by atoms with Gasteiger partial charge in [0.25, 0.3) is 11.8 Å². The number of pyridine rings is 1. The molecule has 0 saturated heterocycles. The van der Waals surface area contributed by atoms with E-state index in [1.54, 1.807) is 43.5 Å². The molecule has 9 heteroatoms. The fourth-order valence-electron chi connectivity index (χ4n) is 3.13. The van der Waals surface area contributed by atoms with Crippen molar-refractivity contribution in [1.82, 2.24) is 9.97 Å². The maximum atomic E-state index is 12.9. The van der Waals surface area contributed by atoms with E-state index in [0.29, 0.717) is 22.6 Å². The number of fused-ring (bicyclic) bond motifs is 1. The van der Waals surface area contributed by atoms with Gasteiger partial charge < -0.3 is 15.6 Å². The maximum absolute atomic E-state index is 12.9. The predicted octanol–water partition coefficient (Wildman–Crippen LogP) is 5.39. The van der Waals surface area contributed by atoms with E-state index in [9.17, 15) is 22.8 Å². The summed E-state index contributed by atoms with van der Waals surface area (Å²) in [4.78, 5) is 32.3. The number of alkyl halides is 3. The number of carbonyl (C=O) groups is 2. The zero-order valence-electron chi connectivity index (χ0n) is 16.7. The second kappa shape index (κ2) is 8.18. The normalized spacial score (nSPS) is 11.4. The molecule has 0 fully saturated rings. The number of aromatic amines is 1. The fourth-order valence-corrected chi connectivity index (χ4v) is 3.13. The molecular formula is C23H17F3N4O2. The van der Waals surface area contributed by atoms with E-state index in [1.807, 2.05) is 0 Å². The SMILES string of the molecule is Cc1ccc(NC(=O)c2cccc(C(F)(F)F)c2)cc1NC(=O)c1cnc2[nH]ccc2c1. The van der Waals surface area contributed by atoms with E-state index in [2.05, 4.69) is 20.6 Å². The summed E-state index contributed by atoms with van der Waals surface area (Å²) in [6, 6.07) is 12.5. The number of halogens is 3. The predicted molar refractivity (Wildman–Crippen MR) is 115 cm³/mol. The second-order valence-electron chi connectivity index (χ2n) is 7.16. The number of H-pyrrole nitrogens is 1. The van der Waals surface area contributed by atoms with Gasteiger partial charge in [0.05, 0.1) is 11.1 Å². The molecule has 0 saturated carbocycles. The molecular weight excluding hydrogens is 421 g/mol. The molecule has 4 aromatic rings. The lowest BCUT2D eigenvalue weighted by Crippen LogP contribution is -2.15. The molecule has 0 spiro atoms. The molecule has 0 bridgehead atoms. The van der Waals surface area contributed by atoms with Crippen molar-refractivity contribution in [2.24, 2.45) is 0 Å². The van der Waals surface area contributed by atoms with Crippen LogP contribution in [-0.2, 0) is 6.18 Å². The first-order valence-electron chi connectivity index (χ1n) is 9.54. The van der Waals surface area contributed by atoms with Crippen molar-refractivity contribution in [2.75, 3.05) is 10.6 Å². The summed E-state index contributed by atoms with van der Waals surface area (Å²) in [7, 11) is 0. The summed E-state index contributed by atoms with van der Waals surface area (Å²) in [5, 5.41) is 6.13. The Morgan fingerprint density at radius 1 is 0.938 bits per heavy atom. The minimum atomic E-state index is -4.55. The van der Waals surface area contributed by atoms with Crippen LogP contribution >= 0.6 is 0 Å². The van der Waals surface area contributed by atoms with E-state index in [0.717, 1.165) is 23.1 Å². The Kier molecular flexibility index (Phi) is 5.40. The van der Waals surface area contributed by atoms with Crippen LogP contribution in [-0.4, -0.2) is 21.8 Å². The number of anilines is 2. The Balaban J connectivity index is 1.52. The summed E-state index contributed by atoms with van der Waals surface area (Å²) < 4.78 is 38.7. The average molecular weight is 438 g/mol. The number of aromatic nitrogens is 2. The molecule has 0 aliphatic heterocycles. The van der Waals surface area contributed by atoms with Crippen LogP contribution in [0.1, 0.15) is 31.8 Å². The highest BCUT2D eigenvalue weighted by Gasteiger charge is 2.30. The summed E-state index contributed by atoms with van der Waals surface area (Å²) in [6.07, 6.45) is -1.38. The smallest absolute Gasteiger partial charge is 0.346 e. The van der Waals surface area contributed by atoms with Crippen LogP contribution in [0.3, 0.4) is 0 Å². The van der Waals surface area contributed by atoms with Crippen LogP contribution in [0.2, 0.25) is 0 Å². The van der Waals surface area contributed by atoms with Crippen molar-refractivity contribution in [1.29, 1.82) is 0 Å².